The van der Waals surface area contributed by atoms with Gasteiger partial charge in [-0.1, -0.05) is 39.7 Å². The number of halogens is 2. The first kappa shape index (κ1) is 16.4. The second kappa shape index (κ2) is 7.35. The number of nitriles is 1. The third-order valence-electron chi connectivity index (χ3n) is 3.08. The Hall–Kier alpha value is -1.96. The summed E-state index contributed by atoms with van der Waals surface area (Å²) in [7, 11) is 3.10. The lowest BCUT2D eigenvalue weighted by Crippen LogP contribution is -1.92. The van der Waals surface area contributed by atoms with Gasteiger partial charge < -0.3 is 9.47 Å². The Kier molecular flexibility index (Phi) is 5.48. The van der Waals surface area contributed by atoms with Gasteiger partial charge in [-0.3, -0.25) is 0 Å². The SMILES string of the molecule is COc1cc(OC)c(C=C(C#N)c2ccc(Br)cc2)cc1Cl. The van der Waals surface area contributed by atoms with Crippen molar-refractivity contribution in [3.05, 3.63) is 57.0 Å². The van der Waals surface area contributed by atoms with Gasteiger partial charge in [0.25, 0.3) is 0 Å². The van der Waals surface area contributed by atoms with Crippen LogP contribution in [0, 0.1) is 11.3 Å². The van der Waals surface area contributed by atoms with Gasteiger partial charge in [-0.05, 0) is 29.8 Å². The molecule has 0 aliphatic heterocycles. The van der Waals surface area contributed by atoms with Crippen molar-refractivity contribution in [1.29, 1.82) is 5.26 Å². The average Bonchev–Trinajstić information content (AvgIpc) is 2.53. The van der Waals surface area contributed by atoms with Gasteiger partial charge in [-0.25, -0.2) is 0 Å². The predicted molar refractivity (Wildman–Crippen MR) is 92.2 cm³/mol. The van der Waals surface area contributed by atoms with E-state index in [-0.39, 0.29) is 0 Å². The quantitative estimate of drug-likeness (QED) is 0.543. The molecule has 0 spiro atoms. The first-order chi connectivity index (χ1) is 10.6. The van der Waals surface area contributed by atoms with Gasteiger partial charge in [0.1, 0.15) is 11.5 Å². The molecule has 0 unspecified atom stereocenters. The number of hydrogen-bond donors (Lipinski definition) is 0. The Morgan fingerprint density at radius 2 is 1.77 bits per heavy atom. The zero-order valence-corrected chi connectivity index (χ0v) is 14.4. The summed E-state index contributed by atoms with van der Waals surface area (Å²) in [4.78, 5) is 0. The summed E-state index contributed by atoms with van der Waals surface area (Å²) in [6.45, 7) is 0. The van der Waals surface area contributed by atoms with Gasteiger partial charge in [0, 0.05) is 16.1 Å². The van der Waals surface area contributed by atoms with Crippen LogP contribution in [0.2, 0.25) is 5.02 Å². The predicted octanol–water partition coefficient (Wildman–Crippen LogP) is 5.18. The Morgan fingerprint density at radius 1 is 1.14 bits per heavy atom. The number of methoxy groups -OCH3 is 2. The van der Waals surface area contributed by atoms with E-state index >= 15 is 0 Å². The molecule has 3 nitrogen and oxygen atoms in total. The van der Waals surface area contributed by atoms with Crippen LogP contribution in [0.3, 0.4) is 0 Å². The molecule has 0 heterocycles. The molecule has 0 amide bonds. The van der Waals surface area contributed by atoms with Crippen LogP contribution in [0.1, 0.15) is 11.1 Å². The van der Waals surface area contributed by atoms with Crippen molar-refractivity contribution < 1.29 is 9.47 Å². The molecule has 2 rings (SSSR count). The Bertz CT molecular complexity index is 748. The van der Waals surface area contributed by atoms with Crippen molar-refractivity contribution >= 4 is 39.2 Å². The van der Waals surface area contributed by atoms with Gasteiger partial charge in [0.15, 0.2) is 0 Å². The van der Waals surface area contributed by atoms with Crippen LogP contribution in [0.4, 0.5) is 0 Å². The number of nitrogens with zero attached hydrogens (tertiary/aromatic N) is 1. The van der Waals surface area contributed by atoms with Gasteiger partial charge in [-0.15, -0.1) is 0 Å². The molecule has 0 bridgehead atoms. The van der Waals surface area contributed by atoms with E-state index in [4.69, 9.17) is 21.1 Å². The molecule has 0 N–H and O–H groups in total. The molecule has 0 saturated carbocycles. The maximum Gasteiger partial charge on any atom is 0.141 e. The molecule has 2 aromatic carbocycles. The van der Waals surface area contributed by atoms with Crippen LogP contribution >= 0.6 is 27.5 Å². The van der Waals surface area contributed by atoms with Crippen molar-refractivity contribution in [2.24, 2.45) is 0 Å². The minimum atomic E-state index is 0.461. The topological polar surface area (TPSA) is 42.2 Å². The maximum atomic E-state index is 9.42. The average molecular weight is 379 g/mol. The van der Waals surface area contributed by atoms with Crippen LogP contribution in [0.25, 0.3) is 11.6 Å². The summed E-state index contributed by atoms with van der Waals surface area (Å²) in [6.07, 6.45) is 1.74. The largest absolute Gasteiger partial charge is 0.496 e. The smallest absolute Gasteiger partial charge is 0.141 e. The molecule has 0 aliphatic rings. The van der Waals surface area contributed by atoms with Crippen LogP contribution in [-0.4, -0.2) is 14.2 Å². The Morgan fingerprint density at radius 3 is 2.32 bits per heavy atom. The van der Waals surface area contributed by atoms with Crippen molar-refractivity contribution in [2.75, 3.05) is 14.2 Å². The lowest BCUT2D eigenvalue weighted by atomic mass is 10.0. The van der Waals surface area contributed by atoms with Crippen molar-refractivity contribution in [3.63, 3.8) is 0 Å². The van der Waals surface area contributed by atoms with E-state index in [0.29, 0.717) is 27.7 Å². The molecule has 0 aliphatic carbocycles. The van der Waals surface area contributed by atoms with Gasteiger partial charge in [0.05, 0.1) is 30.9 Å². The summed E-state index contributed by atoms with van der Waals surface area (Å²) in [6, 6.07) is 13.1. The van der Waals surface area contributed by atoms with Gasteiger partial charge >= 0.3 is 0 Å². The fourth-order valence-electron chi connectivity index (χ4n) is 1.96. The molecule has 2 aromatic rings. The molecule has 0 saturated heterocycles. The number of rotatable bonds is 4. The highest BCUT2D eigenvalue weighted by molar-refractivity contribution is 9.10. The number of hydrogen-bond acceptors (Lipinski definition) is 3. The highest BCUT2D eigenvalue weighted by atomic mass is 79.9. The number of benzene rings is 2. The summed E-state index contributed by atoms with van der Waals surface area (Å²) >= 11 is 9.53. The summed E-state index contributed by atoms with van der Waals surface area (Å²) < 4.78 is 11.5. The molecular formula is C17H13BrClNO2. The van der Waals surface area contributed by atoms with Crippen molar-refractivity contribution in [1.82, 2.24) is 0 Å². The molecule has 0 radical (unpaired) electrons. The third kappa shape index (κ3) is 3.62. The maximum absolute atomic E-state index is 9.42. The fourth-order valence-corrected chi connectivity index (χ4v) is 2.47. The summed E-state index contributed by atoms with van der Waals surface area (Å²) in [5.74, 6) is 1.11. The van der Waals surface area contributed by atoms with Crippen LogP contribution in [-0.2, 0) is 0 Å². The third-order valence-corrected chi connectivity index (χ3v) is 3.90. The van der Waals surface area contributed by atoms with E-state index in [1.165, 1.54) is 0 Å². The van der Waals surface area contributed by atoms with E-state index in [1.54, 1.807) is 32.4 Å². The molecule has 0 aromatic heterocycles. The van der Waals surface area contributed by atoms with E-state index < -0.39 is 0 Å². The fraction of sp³-hybridized carbons (Fsp3) is 0.118. The first-order valence-corrected chi connectivity index (χ1v) is 7.55. The summed E-state index contributed by atoms with van der Waals surface area (Å²) in [5, 5.41) is 9.88. The normalized spacial score (nSPS) is 11.0. The highest BCUT2D eigenvalue weighted by Crippen LogP contribution is 2.34. The van der Waals surface area contributed by atoms with Gasteiger partial charge in [-0.2, -0.15) is 5.26 Å². The number of allylic oxidation sites excluding steroid dienone is 1. The standard InChI is InChI=1S/C17H13BrClNO2/c1-21-16-9-17(22-2)15(19)8-12(16)7-13(10-20)11-3-5-14(18)6-4-11/h3-9H,1-2H3. The minimum absolute atomic E-state index is 0.461. The van der Waals surface area contributed by atoms with Crippen molar-refractivity contribution in [2.45, 2.75) is 0 Å². The van der Waals surface area contributed by atoms with E-state index in [2.05, 4.69) is 22.0 Å². The van der Waals surface area contributed by atoms with Crippen LogP contribution in [0.15, 0.2) is 40.9 Å². The minimum Gasteiger partial charge on any atom is -0.496 e. The van der Waals surface area contributed by atoms with Crippen LogP contribution < -0.4 is 9.47 Å². The monoisotopic (exact) mass is 377 g/mol. The van der Waals surface area contributed by atoms with Gasteiger partial charge in [0.2, 0.25) is 0 Å². The molecule has 5 heteroatoms. The molecule has 112 valence electrons. The van der Waals surface area contributed by atoms with Crippen molar-refractivity contribution in [3.8, 4) is 17.6 Å². The first-order valence-electron chi connectivity index (χ1n) is 6.38. The second-order valence-electron chi connectivity index (χ2n) is 4.41. The van der Waals surface area contributed by atoms with E-state index in [0.717, 1.165) is 10.0 Å². The Labute approximate surface area is 142 Å². The molecule has 0 atom stereocenters. The highest BCUT2D eigenvalue weighted by Gasteiger charge is 2.10. The lowest BCUT2D eigenvalue weighted by Gasteiger charge is -2.10. The van der Waals surface area contributed by atoms with E-state index in [9.17, 15) is 5.26 Å². The Balaban J connectivity index is 2.52. The molecule has 22 heavy (non-hydrogen) atoms. The molecular weight excluding hydrogens is 366 g/mol. The lowest BCUT2D eigenvalue weighted by molar-refractivity contribution is 0.394. The zero-order valence-electron chi connectivity index (χ0n) is 12.1. The summed E-state index contributed by atoms with van der Waals surface area (Å²) in [5.41, 5.74) is 2.06. The number of ether oxygens (including phenoxy) is 2. The van der Waals surface area contributed by atoms with E-state index in [1.807, 2.05) is 24.3 Å². The van der Waals surface area contributed by atoms with Crippen LogP contribution in [0.5, 0.6) is 11.5 Å². The zero-order chi connectivity index (χ0) is 16.1. The molecule has 0 fully saturated rings. The second-order valence-corrected chi connectivity index (χ2v) is 5.73.